The van der Waals surface area contributed by atoms with Crippen LogP contribution in [0.5, 0.6) is 0 Å². The lowest BCUT2D eigenvalue weighted by atomic mass is 10.4. The molecule has 0 N–H and O–H groups in total. The summed E-state index contributed by atoms with van der Waals surface area (Å²) < 4.78 is 0. The largest absolute Gasteiger partial charge is 0.312 e. The molecule has 0 aliphatic rings. The lowest BCUT2D eigenvalue weighted by Gasteiger charge is -1.90. The van der Waals surface area contributed by atoms with E-state index in [4.69, 9.17) is 5.26 Å². The molecular formula is C7H14N2. The second-order valence-corrected chi connectivity index (χ2v) is 2.23. The Kier molecular flexibility index (Phi) is 8.83. The second kappa shape index (κ2) is 7.19. The molecule has 0 aromatic rings. The van der Waals surface area contributed by atoms with Gasteiger partial charge in [-0.25, -0.2) is 0 Å². The van der Waals surface area contributed by atoms with Crippen LogP contribution in [0.25, 0.3) is 0 Å². The number of allylic oxidation sites excluding steroid dienone is 1. The zero-order valence-electron chi connectivity index (χ0n) is 6.60. The van der Waals surface area contributed by atoms with Gasteiger partial charge in [0.15, 0.2) is 0 Å². The molecule has 0 rings (SSSR count). The van der Waals surface area contributed by atoms with Crippen molar-refractivity contribution in [3.05, 3.63) is 12.2 Å². The van der Waals surface area contributed by atoms with Gasteiger partial charge in [-0.2, -0.15) is 5.26 Å². The van der Waals surface area contributed by atoms with Crippen LogP contribution < -0.4 is 0 Å². The summed E-state index contributed by atoms with van der Waals surface area (Å²) in [6.07, 6.45) is 0. The highest BCUT2D eigenvalue weighted by molar-refractivity contribution is 5.11. The summed E-state index contributed by atoms with van der Waals surface area (Å²) in [5, 5.41) is 7.79. The number of nitrogens with zero attached hydrogens (tertiary/aromatic N) is 2. The van der Waals surface area contributed by atoms with E-state index in [1.807, 2.05) is 32.1 Å². The minimum absolute atomic E-state index is 0.560. The van der Waals surface area contributed by atoms with E-state index < -0.39 is 0 Å². The molecule has 0 radical (unpaired) electrons. The fraction of sp³-hybridized carbons (Fsp3) is 0.571. The maximum absolute atomic E-state index is 7.79. The molecule has 0 amide bonds. The van der Waals surface area contributed by atoms with Crippen molar-refractivity contribution in [1.29, 1.82) is 5.26 Å². The average Bonchev–Trinajstić information content (AvgIpc) is 1.65. The normalized spacial score (nSPS) is 7.11. The van der Waals surface area contributed by atoms with Crippen LogP contribution in [0, 0.1) is 11.3 Å². The molecule has 0 unspecified atom stereocenters. The molecule has 2 nitrogen and oxygen atoms in total. The first-order valence-electron chi connectivity index (χ1n) is 2.67. The summed E-state index contributed by atoms with van der Waals surface area (Å²) in [5.74, 6) is 0. The molecule has 52 valence electrons. The van der Waals surface area contributed by atoms with Gasteiger partial charge in [-0.1, -0.05) is 6.58 Å². The Hall–Kier alpha value is -0.810. The standard InChI is InChI=1S/C4H5N.C3H9N/c1-4(2)3-5;1-4(2)3/h1H2,2H3;1-3H3. The summed E-state index contributed by atoms with van der Waals surface area (Å²) in [6, 6.07) is 1.83. The third-order valence-electron chi connectivity index (χ3n) is 0.191. The van der Waals surface area contributed by atoms with Crippen molar-refractivity contribution in [2.24, 2.45) is 0 Å². The predicted octanol–water partition coefficient (Wildman–Crippen LogP) is 1.26. The highest BCUT2D eigenvalue weighted by Gasteiger charge is 1.64. The average molecular weight is 126 g/mol. The van der Waals surface area contributed by atoms with E-state index >= 15 is 0 Å². The molecule has 0 heterocycles. The monoisotopic (exact) mass is 126 g/mol. The van der Waals surface area contributed by atoms with Gasteiger partial charge in [-0.15, -0.1) is 0 Å². The molecule has 9 heavy (non-hydrogen) atoms. The van der Waals surface area contributed by atoms with Crippen LogP contribution in [0.2, 0.25) is 0 Å². The van der Waals surface area contributed by atoms with Crippen molar-refractivity contribution in [1.82, 2.24) is 4.90 Å². The fourth-order valence-corrected chi connectivity index (χ4v) is 0. The van der Waals surface area contributed by atoms with E-state index in [1.165, 1.54) is 0 Å². The van der Waals surface area contributed by atoms with Crippen molar-refractivity contribution in [3.63, 3.8) is 0 Å². The Bertz CT molecular complexity index is 106. The maximum atomic E-state index is 7.79. The Morgan fingerprint density at radius 1 is 1.44 bits per heavy atom. The van der Waals surface area contributed by atoms with Gasteiger partial charge in [-0.05, 0) is 28.1 Å². The first-order chi connectivity index (χ1) is 4.00. The molecule has 0 aliphatic heterocycles. The Morgan fingerprint density at radius 3 is 1.56 bits per heavy atom. The van der Waals surface area contributed by atoms with Crippen LogP contribution in [0.3, 0.4) is 0 Å². The van der Waals surface area contributed by atoms with Crippen LogP contribution in [0.15, 0.2) is 12.2 Å². The molecule has 2 heteroatoms. The quantitative estimate of drug-likeness (QED) is 0.457. The molecule has 0 fully saturated rings. The minimum Gasteiger partial charge on any atom is -0.312 e. The van der Waals surface area contributed by atoms with Crippen LogP contribution in [0.4, 0.5) is 0 Å². The summed E-state index contributed by atoms with van der Waals surface area (Å²) in [7, 11) is 6.00. The van der Waals surface area contributed by atoms with Gasteiger partial charge in [0.25, 0.3) is 0 Å². The molecular weight excluding hydrogens is 112 g/mol. The van der Waals surface area contributed by atoms with E-state index in [2.05, 4.69) is 6.58 Å². The Balaban J connectivity index is 0. The van der Waals surface area contributed by atoms with E-state index in [1.54, 1.807) is 6.92 Å². The fourth-order valence-electron chi connectivity index (χ4n) is 0. The summed E-state index contributed by atoms with van der Waals surface area (Å²) >= 11 is 0. The number of rotatable bonds is 0. The van der Waals surface area contributed by atoms with Crippen LogP contribution >= 0.6 is 0 Å². The van der Waals surface area contributed by atoms with Gasteiger partial charge in [-0.3, -0.25) is 0 Å². The van der Waals surface area contributed by atoms with Gasteiger partial charge in [0.2, 0.25) is 0 Å². The Morgan fingerprint density at radius 2 is 1.56 bits per heavy atom. The summed E-state index contributed by atoms with van der Waals surface area (Å²) in [6.45, 7) is 4.98. The number of nitriles is 1. The van der Waals surface area contributed by atoms with E-state index in [-0.39, 0.29) is 0 Å². The van der Waals surface area contributed by atoms with Crippen LogP contribution in [0.1, 0.15) is 6.92 Å². The van der Waals surface area contributed by atoms with Crippen molar-refractivity contribution in [3.8, 4) is 6.07 Å². The molecule has 0 atom stereocenters. The van der Waals surface area contributed by atoms with Gasteiger partial charge in [0.05, 0.1) is 6.07 Å². The van der Waals surface area contributed by atoms with Gasteiger partial charge in [0, 0.05) is 5.57 Å². The topological polar surface area (TPSA) is 27.0 Å². The molecule has 0 saturated carbocycles. The van der Waals surface area contributed by atoms with E-state index in [0.717, 1.165) is 0 Å². The van der Waals surface area contributed by atoms with Crippen LogP contribution in [-0.2, 0) is 0 Å². The highest BCUT2D eigenvalue weighted by Crippen LogP contribution is 1.74. The van der Waals surface area contributed by atoms with Crippen molar-refractivity contribution in [2.75, 3.05) is 21.1 Å². The summed E-state index contributed by atoms with van der Waals surface area (Å²) in [4.78, 5) is 2.00. The smallest absolute Gasteiger partial charge is 0.0937 e. The van der Waals surface area contributed by atoms with Gasteiger partial charge in [0.1, 0.15) is 0 Å². The molecule has 0 aromatic heterocycles. The molecule has 0 aromatic carbocycles. The second-order valence-electron chi connectivity index (χ2n) is 2.23. The third kappa shape index (κ3) is 137. The number of hydrogen-bond acceptors (Lipinski definition) is 2. The first-order valence-corrected chi connectivity index (χ1v) is 2.67. The van der Waals surface area contributed by atoms with E-state index in [0.29, 0.717) is 5.57 Å². The van der Waals surface area contributed by atoms with E-state index in [9.17, 15) is 0 Å². The highest BCUT2D eigenvalue weighted by atomic mass is 15.0. The Labute approximate surface area is 57.4 Å². The van der Waals surface area contributed by atoms with Gasteiger partial charge < -0.3 is 4.90 Å². The van der Waals surface area contributed by atoms with Crippen molar-refractivity contribution >= 4 is 0 Å². The lowest BCUT2D eigenvalue weighted by Crippen LogP contribution is -1.99. The first kappa shape index (κ1) is 11.0. The third-order valence-corrected chi connectivity index (χ3v) is 0.191. The zero-order chi connectivity index (χ0) is 7.86. The molecule has 0 spiro atoms. The molecule has 0 saturated heterocycles. The predicted molar refractivity (Wildman–Crippen MR) is 40.0 cm³/mol. The molecule has 0 bridgehead atoms. The van der Waals surface area contributed by atoms with Crippen molar-refractivity contribution < 1.29 is 0 Å². The lowest BCUT2D eigenvalue weighted by molar-refractivity contribution is 0.505. The number of hydrogen-bond donors (Lipinski definition) is 0. The summed E-state index contributed by atoms with van der Waals surface area (Å²) in [5.41, 5.74) is 0.560. The van der Waals surface area contributed by atoms with Crippen molar-refractivity contribution in [2.45, 2.75) is 6.92 Å². The van der Waals surface area contributed by atoms with Crippen LogP contribution in [-0.4, -0.2) is 26.0 Å². The zero-order valence-corrected chi connectivity index (χ0v) is 6.60. The SMILES string of the molecule is C=C(C)C#N.CN(C)C. The maximum Gasteiger partial charge on any atom is 0.0937 e. The molecule has 0 aliphatic carbocycles. The van der Waals surface area contributed by atoms with Gasteiger partial charge >= 0.3 is 0 Å². The minimum atomic E-state index is 0.560.